The van der Waals surface area contributed by atoms with Crippen molar-refractivity contribution in [2.75, 3.05) is 7.05 Å². The molecule has 5 atom stereocenters. The van der Waals surface area contributed by atoms with E-state index in [2.05, 4.69) is 10.3 Å². The van der Waals surface area contributed by atoms with Crippen molar-refractivity contribution in [1.82, 2.24) is 5.32 Å². The Hall–Kier alpha value is -1.14. The van der Waals surface area contributed by atoms with Crippen LogP contribution in [0.4, 0.5) is 0 Å². The Balaban J connectivity index is 2.25. The van der Waals surface area contributed by atoms with Gasteiger partial charge in [-0.3, -0.25) is 9.79 Å². The lowest BCUT2D eigenvalue weighted by Gasteiger charge is -2.20. The van der Waals surface area contributed by atoms with Gasteiger partial charge >= 0.3 is 0 Å². The molecule has 2 aliphatic carbocycles. The predicted molar refractivity (Wildman–Crippen MR) is 53.1 cm³/mol. The normalized spacial score (nSPS) is 47.9. The van der Waals surface area contributed by atoms with E-state index in [0.717, 1.165) is 6.34 Å². The topological polar surface area (TPSA) is 108 Å². The molecule has 15 heavy (non-hydrogen) atoms. The zero-order chi connectivity index (χ0) is 11.2. The number of rotatable bonds is 2. The molecule has 0 bridgehead atoms. The third kappa shape index (κ3) is 1.12. The maximum absolute atomic E-state index is 11.6. The summed E-state index contributed by atoms with van der Waals surface area (Å²) in [5.74, 6) is -0.323. The summed E-state index contributed by atoms with van der Waals surface area (Å²) in [5, 5.41) is 22.0. The first kappa shape index (κ1) is 10.4. The van der Waals surface area contributed by atoms with Crippen molar-refractivity contribution >= 4 is 12.2 Å². The smallest absolute Gasteiger partial charge is 0.229 e. The number of nitrogens with one attached hydrogen (secondary N) is 1. The number of aliphatic hydroxyl groups excluding tert-OH is 2. The van der Waals surface area contributed by atoms with E-state index < -0.39 is 23.7 Å². The van der Waals surface area contributed by atoms with Gasteiger partial charge in [-0.1, -0.05) is 0 Å². The van der Waals surface area contributed by atoms with Crippen molar-refractivity contribution < 1.29 is 15.0 Å². The fourth-order valence-corrected chi connectivity index (χ4v) is 2.72. The number of fused-ring (bicyclic) bond motifs is 1. The fraction of sp³-hybridized carbons (Fsp3) is 0.778. The van der Waals surface area contributed by atoms with E-state index in [9.17, 15) is 15.0 Å². The van der Waals surface area contributed by atoms with Crippen LogP contribution in [0, 0.1) is 11.3 Å². The van der Waals surface area contributed by atoms with Gasteiger partial charge in [-0.05, 0) is 6.42 Å². The lowest BCUT2D eigenvalue weighted by Crippen LogP contribution is -2.41. The van der Waals surface area contributed by atoms with Crippen LogP contribution in [0.15, 0.2) is 4.99 Å². The molecule has 0 aromatic rings. The number of carbonyl (C=O) groups is 1. The molecule has 0 heterocycles. The highest BCUT2D eigenvalue weighted by Gasteiger charge is 2.74. The van der Waals surface area contributed by atoms with Gasteiger partial charge in [0.05, 0.1) is 23.9 Å². The third-order valence-corrected chi connectivity index (χ3v) is 3.58. The number of hydrogen-bond acceptors (Lipinski definition) is 4. The summed E-state index contributed by atoms with van der Waals surface area (Å²) < 4.78 is 0. The molecule has 0 aromatic heterocycles. The van der Waals surface area contributed by atoms with Crippen LogP contribution < -0.4 is 11.1 Å². The van der Waals surface area contributed by atoms with Gasteiger partial charge in [0.25, 0.3) is 0 Å². The summed E-state index contributed by atoms with van der Waals surface area (Å²) in [7, 11) is 1.52. The number of aliphatic hydroxyl groups is 2. The van der Waals surface area contributed by atoms with E-state index in [-0.39, 0.29) is 11.8 Å². The van der Waals surface area contributed by atoms with Crippen molar-refractivity contribution in [3.8, 4) is 0 Å². The van der Waals surface area contributed by atoms with Crippen LogP contribution in [0.5, 0.6) is 0 Å². The SMILES string of the molecule is CNC(=O)[C@]12C[C@@H]1[C@@H](N=CN)C(O)C2O. The molecule has 0 radical (unpaired) electrons. The summed E-state index contributed by atoms with van der Waals surface area (Å²) in [5.41, 5.74) is 4.32. The van der Waals surface area contributed by atoms with E-state index in [1.165, 1.54) is 7.05 Å². The zero-order valence-corrected chi connectivity index (χ0v) is 8.42. The number of hydrogen-bond donors (Lipinski definition) is 4. The highest BCUT2D eigenvalue weighted by Crippen LogP contribution is 2.64. The summed E-state index contributed by atoms with van der Waals surface area (Å²) in [4.78, 5) is 15.5. The number of nitrogens with two attached hydrogens (primary N) is 1. The molecule has 5 N–H and O–H groups in total. The third-order valence-electron chi connectivity index (χ3n) is 3.58. The molecular weight excluding hydrogens is 198 g/mol. The minimum Gasteiger partial charge on any atom is -0.390 e. The van der Waals surface area contributed by atoms with Crippen LogP contribution in [-0.2, 0) is 4.79 Å². The molecule has 2 aliphatic rings. The van der Waals surface area contributed by atoms with Gasteiger partial charge < -0.3 is 21.3 Å². The van der Waals surface area contributed by atoms with Gasteiger partial charge in [0.2, 0.25) is 5.91 Å². The average Bonchev–Trinajstić information content (AvgIpc) is 2.94. The van der Waals surface area contributed by atoms with Crippen molar-refractivity contribution in [3.63, 3.8) is 0 Å². The molecule has 84 valence electrons. The first-order valence-corrected chi connectivity index (χ1v) is 4.91. The van der Waals surface area contributed by atoms with E-state index in [1.807, 2.05) is 0 Å². The summed E-state index contributed by atoms with van der Waals surface area (Å²) in [6, 6.07) is -0.456. The largest absolute Gasteiger partial charge is 0.390 e. The predicted octanol–water partition coefficient (Wildman–Crippen LogP) is -2.17. The summed E-state index contributed by atoms with van der Waals surface area (Å²) >= 11 is 0. The van der Waals surface area contributed by atoms with Crippen LogP contribution in [0.3, 0.4) is 0 Å². The maximum atomic E-state index is 11.6. The lowest BCUT2D eigenvalue weighted by atomic mass is 9.98. The number of carbonyl (C=O) groups excluding carboxylic acids is 1. The monoisotopic (exact) mass is 213 g/mol. The number of aliphatic imine (C=N–C) groups is 1. The van der Waals surface area contributed by atoms with Crippen molar-refractivity contribution in [2.24, 2.45) is 22.1 Å². The first-order chi connectivity index (χ1) is 7.09. The Morgan fingerprint density at radius 3 is 2.87 bits per heavy atom. The van der Waals surface area contributed by atoms with Crippen LogP contribution in [0.1, 0.15) is 6.42 Å². The molecule has 0 aliphatic heterocycles. The minimum atomic E-state index is -1.05. The molecule has 2 fully saturated rings. The Kier molecular flexibility index (Phi) is 2.20. The molecule has 6 nitrogen and oxygen atoms in total. The highest BCUT2D eigenvalue weighted by atomic mass is 16.3. The number of nitrogens with zero attached hydrogens (tertiary/aromatic N) is 1. The van der Waals surface area contributed by atoms with Crippen LogP contribution in [0.2, 0.25) is 0 Å². The summed E-state index contributed by atoms with van der Waals surface area (Å²) in [6.07, 6.45) is -0.372. The highest BCUT2D eigenvalue weighted by molar-refractivity contribution is 5.87. The van der Waals surface area contributed by atoms with Crippen molar-refractivity contribution in [3.05, 3.63) is 0 Å². The molecule has 0 spiro atoms. The van der Waals surface area contributed by atoms with Crippen molar-refractivity contribution in [1.29, 1.82) is 0 Å². The van der Waals surface area contributed by atoms with Gasteiger partial charge in [-0.2, -0.15) is 0 Å². The van der Waals surface area contributed by atoms with Gasteiger partial charge in [-0.25, -0.2) is 0 Å². The molecule has 0 saturated heterocycles. The quantitative estimate of drug-likeness (QED) is 0.309. The summed E-state index contributed by atoms with van der Waals surface area (Å²) in [6.45, 7) is 0. The molecule has 0 aromatic carbocycles. The number of amides is 1. The van der Waals surface area contributed by atoms with Gasteiger partial charge in [0, 0.05) is 13.0 Å². The Bertz CT molecular complexity index is 320. The lowest BCUT2D eigenvalue weighted by molar-refractivity contribution is -0.131. The molecule has 6 heteroatoms. The zero-order valence-electron chi connectivity index (χ0n) is 8.42. The minimum absolute atomic E-state index is 0.0951. The van der Waals surface area contributed by atoms with Gasteiger partial charge in [0.1, 0.15) is 6.10 Å². The molecule has 2 saturated carbocycles. The van der Waals surface area contributed by atoms with E-state index in [4.69, 9.17) is 5.73 Å². The second-order valence-electron chi connectivity index (χ2n) is 4.15. The Morgan fingerprint density at radius 1 is 1.67 bits per heavy atom. The van der Waals surface area contributed by atoms with E-state index in [1.54, 1.807) is 0 Å². The van der Waals surface area contributed by atoms with Crippen LogP contribution >= 0.6 is 0 Å². The standard InChI is InChI=1S/C9H15N3O3/c1-11-8(15)9-2-4(9)5(12-3-10)6(13)7(9)14/h3-7,13-14H,2H2,1H3,(H2,10,12)(H,11,15)/t4-,5-,6?,7?,9-/m1/s1. The average molecular weight is 213 g/mol. The molecular formula is C9H15N3O3. The van der Waals surface area contributed by atoms with Gasteiger partial charge in [-0.15, -0.1) is 0 Å². The Labute approximate surface area is 87.2 Å². The first-order valence-electron chi connectivity index (χ1n) is 4.91. The van der Waals surface area contributed by atoms with E-state index >= 15 is 0 Å². The molecule has 2 rings (SSSR count). The van der Waals surface area contributed by atoms with Gasteiger partial charge in [0.15, 0.2) is 0 Å². The van der Waals surface area contributed by atoms with Crippen molar-refractivity contribution in [2.45, 2.75) is 24.7 Å². The fourth-order valence-electron chi connectivity index (χ4n) is 2.72. The van der Waals surface area contributed by atoms with E-state index in [0.29, 0.717) is 6.42 Å². The van der Waals surface area contributed by atoms with Crippen LogP contribution in [0.25, 0.3) is 0 Å². The molecule has 2 unspecified atom stereocenters. The van der Waals surface area contributed by atoms with Crippen LogP contribution in [-0.4, -0.2) is 47.8 Å². The maximum Gasteiger partial charge on any atom is 0.229 e. The molecule has 1 amide bonds. The second kappa shape index (κ2) is 3.18. The Morgan fingerprint density at radius 2 is 2.33 bits per heavy atom. The second-order valence-corrected chi connectivity index (χ2v) is 4.15.